The van der Waals surface area contributed by atoms with Gasteiger partial charge in [0.05, 0.1) is 19.7 Å². The van der Waals surface area contributed by atoms with E-state index in [2.05, 4.69) is 65.3 Å². The average molecular weight is 638 g/mol. The van der Waals surface area contributed by atoms with Gasteiger partial charge in [0, 0.05) is 23.9 Å². The predicted octanol–water partition coefficient (Wildman–Crippen LogP) is 6.82. The quantitative estimate of drug-likeness (QED) is 0.225. The van der Waals surface area contributed by atoms with Gasteiger partial charge in [-0.05, 0) is 112 Å². The Balaban J connectivity index is 1.37. The SMILES string of the molecule is C=C1CCC[C@]2(C)CC[C@@H](C(C)C)[C@H](NC(=O)CN3[C@@H](C(=O)OC)CC[C@H]3C(=O)N[C@@H]3[C@H]4C(=C)CCC[C@]4(C)CC[C@H]3C(C)C)[C@@H]12. The molecule has 0 aromatic heterocycles. The Kier molecular flexibility index (Phi) is 10.5. The number of esters is 1. The van der Waals surface area contributed by atoms with Crippen molar-refractivity contribution < 1.29 is 19.1 Å². The summed E-state index contributed by atoms with van der Waals surface area (Å²) in [6, 6.07) is -1.16. The number of carbonyl (C=O) groups excluding carboxylic acids is 3. The van der Waals surface area contributed by atoms with Crippen LogP contribution in [0.5, 0.6) is 0 Å². The minimum Gasteiger partial charge on any atom is -0.468 e. The molecule has 7 nitrogen and oxygen atoms in total. The molecule has 258 valence electrons. The summed E-state index contributed by atoms with van der Waals surface area (Å²) < 4.78 is 5.20. The normalized spacial score (nSPS) is 39.9. The summed E-state index contributed by atoms with van der Waals surface area (Å²) >= 11 is 0. The number of hydrogen-bond donors (Lipinski definition) is 2. The van der Waals surface area contributed by atoms with Gasteiger partial charge in [-0.15, -0.1) is 0 Å². The lowest BCUT2D eigenvalue weighted by Crippen LogP contribution is -2.61. The Labute approximate surface area is 279 Å². The van der Waals surface area contributed by atoms with Crippen LogP contribution in [-0.2, 0) is 19.1 Å². The zero-order valence-corrected chi connectivity index (χ0v) is 30.0. The Hall–Kier alpha value is -2.15. The third kappa shape index (κ3) is 6.60. The standard InChI is InChI=1S/C39H63N3O4/c1-23(2)27-16-20-38(7)18-10-12-25(5)32(38)34(27)40-31(43)22-42-29(14-15-30(42)37(45)46-9)36(44)41-35-28(24(3)4)17-21-39(8)19-11-13-26(6)33(35)39/h23-24,27-30,32-35H,5-6,10-22H2,1-4,7-9H3,(H,40,43)(H,41,44)/t27-,28-,29-,30+,32+,33+,34-,35-,38+,39+/m0/s1. The molecule has 0 radical (unpaired) electrons. The number of nitrogens with zero attached hydrogens (tertiary/aromatic N) is 1. The van der Waals surface area contributed by atoms with Crippen molar-refractivity contribution >= 4 is 17.8 Å². The van der Waals surface area contributed by atoms with Crippen LogP contribution >= 0.6 is 0 Å². The van der Waals surface area contributed by atoms with Crippen molar-refractivity contribution in [2.45, 2.75) is 143 Å². The minimum absolute atomic E-state index is 0.00120. The lowest BCUT2D eigenvalue weighted by atomic mass is 9.53. The zero-order valence-electron chi connectivity index (χ0n) is 30.0. The smallest absolute Gasteiger partial charge is 0.323 e. The van der Waals surface area contributed by atoms with Crippen molar-refractivity contribution in [3.63, 3.8) is 0 Å². The van der Waals surface area contributed by atoms with Crippen LogP contribution in [-0.4, -0.2) is 60.5 Å². The maximum absolute atomic E-state index is 14.3. The fraction of sp³-hybridized carbons (Fsp3) is 0.821. The highest BCUT2D eigenvalue weighted by atomic mass is 16.5. The van der Waals surface area contributed by atoms with Gasteiger partial charge in [-0.1, -0.05) is 65.8 Å². The van der Waals surface area contributed by atoms with E-state index in [4.69, 9.17) is 4.74 Å². The topological polar surface area (TPSA) is 87.7 Å². The Morgan fingerprint density at radius 1 is 0.783 bits per heavy atom. The molecule has 1 aliphatic heterocycles. The maximum Gasteiger partial charge on any atom is 0.323 e. The molecule has 0 aromatic rings. The number of carbonyl (C=O) groups is 3. The number of hydrogen-bond acceptors (Lipinski definition) is 5. The molecule has 5 aliphatic rings. The lowest BCUT2D eigenvalue weighted by molar-refractivity contribution is -0.147. The Morgan fingerprint density at radius 3 is 1.74 bits per heavy atom. The molecule has 1 heterocycles. The van der Waals surface area contributed by atoms with E-state index in [-0.39, 0.29) is 59.1 Å². The van der Waals surface area contributed by atoms with Crippen LogP contribution in [0.4, 0.5) is 0 Å². The second-order valence-electron chi connectivity index (χ2n) is 17.1. The summed E-state index contributed by atoms with van der Waals surface area (Å²) in [5, 5.41) is 7.03. The Bertz CT molecular complexity index is 1200. The van der Waals surface area contributed by atoms with Gasteiger partial charge in [0.25, 0.3) is 0 Å². The fourth-order valence-electron chi connectivity index (χ4n) is 11.1. The zero-order chi connectivity index (χ0) is 33.6. The van der Waals surface area contributed by atoms with Gasteiger partial charge in [-0.2, -0.15) is 0 Å². The number of fused-ring (bicyclic) bond motifs is 2. The highest BCUT2D eigenvalue weighted by molar-refractivity contribution is 5.87. The van der Waals surface area contributed by atoms with Gasteiger partial charge < -0.3 is 15.4 Å². The molecule has 0 unspecified atom stereocenters. The van der Waals surface area contributed by atoms with E-state index in [0.29, 0.717) is 36.5 Å². The molecule has 1 saturated heterocycles. The predicted molar refractivity (Wildman–Crippen MR) is 184 cm³/mol. The third-order valence-corrected chi connectivity index (χ3v) is 13.6. The molecule has 2 amide bonds. The highest BCUT2D eigenvalue weighted by Gasteiger charge is 2.53. The largest absolute Gasteiger partial charge is 0.468 e. The van der Waals surface area contributed by atoms with Crippen molar-refractivity contribution in [2.75, 3.05) is 13.7 Å². The summed E-state index contributed by atoms with van der Waals surface area (Å²) in [5.41, 5.74) is 2.82. The maximum atomic E-state index is 14.3. The number of likely N-dealkylation sites (tertiary alicyclic amines) is 1. The molecule has 10 atom stereocenters. The molecule has 0 aromatic carbocycles. The van der Waals surface area contributed by atoms with E-state index in [1.54, 1.807) is 0 Å². The third-order valence-electron chi connectivity index (χ3n) is 13.6. The van der Waals surface area contributed by atoms with E-state index in [1.165, 1.54) is 24.7 Å². The summed E-state index contributed by atoms with van der Waals surface area (Å²) in [7, 11) is 1.39. The van der Waals surface area contributed by atoms with Gasteiger partial charge in [-0.25, -0.2) is 0 Å². The van der Waals surface area contributed by atoms with E-state index < -0.39 is 12.1 Å². The average Bonchev–Trinajstić information content (AvgIpc) is 3.39. The van der Waals surface area contributed by atoms with Crippen molar-refractivity contribution in [1.82, 2.24) is 15.5 Å². The second kappa shape index (κ2) is 13.8. The van der Waals surface area contributed by atoms with E-state index in [1.807, 2.05) is 4.90 Å². The summed E-state index contributed by atoms with van der Waals surface area (Å²) in [5.74, 6) is 1.54. The molecular weight excluding hydrogens is 574 g/mol. The molecule has 46 heavy (non-hydrogen) atoms. The molecular formula is C39H63N3O4. The first-order valence-electron chi connectivity index (χ1n) is 18.5. The molecule has 4 aliphatic carbocycles. The molecule has 4 saturated carbocycles. The molecule has 7 heteroatoms. The second-order valence-corrected chi connectivity index (χ2v) is 17.1. The summed E-state index contributed by atoms with van der Waals surface area (Å²) in [6.45, 7) is 22.8. The number of ether oxygens (including phenoxy) is 1. The number of rotatable bonds is 8. The summed E-state index contributed by atoms with van der Waals surface area (Å²) in [4.78, 5) is 43.3. The monoisotopic (exact) mass is 637 g/mol. The van der Waals surface area contributed by atoms with Crippen LogP contribution in [0.2, 0.25) is 0 Å². The van der Waals surface area contributed by atoms with Gasteiger partial charge in [-0.3, -0.25) is 19.3 Å². The molecule has 5 fully saturated rings. The molecule has 5 rings (SSSR count). The van der Waals surface area contributed by atoms with Crippen LogP contribution in [0.1, 0.15) is 119 Å². The minimum atomic E-state index is -0.615. The molecule has 0 bridgehead atoms. The molecule has 2 N–H and O–H groups in total. The van der Waals surface area contributed by atoms with Crippen molar-refractivity contribution in [2.24, 2.45) is 46.3 Å². The van der Waals surface area contributed by atoms with Crippen LogP contribution in [0.3, 0.4) is 0 Å². The lowest BCUT2D eigenvalue weighted by Gasteiger charge is -2.54. The fourth-order valence-corrected chi connectivity index (χ4v) is 11.1. The van der Waals surface area contributed by atoms with Gasteiger partial charge >= 0.3 is 5.97 Å². The van der Waals surface area contributed by atoms with Crippen molar-refractivity contribution in [3.05, 3.63) is 24.3 Å². The molecule has 0 spiro atoms. The van der Waals surface area contributed by atoms with E-state index in [9.17, 15) is 14.4 Å². The van der Waals surface area contributed by atoms with Crippen molar-refractivity contribution in [3.8, 4) is 0 Å². The Morgan fingerprint density at radius 2 is 1.26 bits per heavy atom. The number of nitrogens with one attached hydrogen (secondary N) is 2. The highest BCUT2D eigenvalue weighted by Crippen LogP contribution is 2.56. The van der Waals surface area contributed by atoms with Crippen LogP contribution in [0, 0.1) is 46.3 Å². The summed E-state index contributed by atoms with van der Waals surface area (Å²) in [6.07, 6.45) is 12.2. The first-order chi connectivity index (χ1) is 21.7. The number of amides is 2. The van der Waals surface area contributed by atoms with Gasteiger partial charge in [0.15, 0.2) is 0 Å². The van der Waals surface area contributed by atoms with Crippen molar-refractivity contribution in [1.29, 1.82) is 0 Å². The number of methoxy groups -OCH3 is 1. The van der Waals surface area contributed by atoms with Crippen LogP contribution < -0.4 is 10.6 Å². The van der Waals surface area contributed by atoms with Gasteiger partial charge in [0.2, 0.25) is 11.8 Å². The van der Waals surface area contributed by atoms with Crippen LogP contribution in [0.25, 0.3) is 0 Å². The van der Waals surface area contributed by atoms with Gasteiger partial charge in [0.1, 0.15) is 6.04 Å². The van der Waals surface area contributed by atoms with E-state index in [0.717, 1.165) is 57.8 Å². The first-order valence-corrected chi connectivity index (χ1v) is 18.5. The van der Waals surface area contributed by atoms with Crippen LogP contribution in [0.15, 0.2) is 24.3 Å². The van der Waals surface area contributed by atoms with E-state index >= 15 is 0 Å². The first kappa shape index (κ1) is 35.2.